The second kappa shape index (κ2) is 16.6. The number of carbonyl (C=O) groups excluding carboxylic acids is 2. The van der Waals surface area contributed by atoms with Crippen molar-refractivity contribution < 1.29 is 23.2 Å². The number of rotatable bonds is 17. The molecule has 3 atom stereocenters. The van der Waals surface area contributed by atoms with Crippen LogP contribution in [0.1, 0.15) is 85.5 Å². The molecule has 0 spiro atoms. The summed E-state index contributed by atoms with van der Waals surface area (Å²) >= 11 is 1.01. The first-order valence-electron chi connectivity index (χ1n) is 10.0. The molecule has 0 aliphatic carbocycles. The van der Waals surface area contributed by atoms with E-state index in [2.05, 4.69) is 20.8 Å². The highest BCUT2D eigenvalue weighted by Gasteiger charge is 2.26. The Labute approximate surface area is 164 Å². The average Bonchev–Trinajstić information content (AvgIpc) is 2.64. The molecule has 0 radical (unpaired) electrons. The summed E-state index contributed by atoms with van der Waals surface area (Å²) < 4.78 is 16.3. The van der Waals surface area contributed by atoms with Crippen LogP contribution in [0.15, 0.2) is 0 Å². The fraction of sp³-hybridized carbons (Fsp3) is 0.900. The van der Waals surface area contributed by atoms with Gasteiger partial charge in [-0.15, -0.1) is 0 Å². The number of carbonyl (C=O) groups is 2. The Morgan fingerprint density at radius 1 is 0.923 bits per heavy atom. The maximum Gasteiger partial charge on any atom is 0.307 e. The van der Waals surface area contributed by atoms with E-state index in [0.717, 1.165) is 63.4 Å². The summed E-state index contributed by atoms with van der Waals surface area (Å²) in [5, 5.41) is -0.583. The lowest BCUT2D eigenvalue weighted by atomic mass is 10.1. The summed E-state index contributed by atoms with van der Waals surface area (Å²) in [6.45, 7) is 8.34. The standard InChI is InChI=1S/C20H38O5S/c1-6-10-12-16(8-3)24-15-18(21)19(26-23-5)14-20(22)25-17(9-4)13-11-7-2/h16-17,19H,6-15H2,1-5H3. The summed E-state index contributed by atoms with van der Waals surface area (Å²) in [4.78, 5) is 24.7. The zero-order chi connectivity index (χ0) is 19.8. The highest BCUT2D eigenvalue weighted by Crippen LogP contribution is 2.19. The molecule has 0 aromatic rings. The van der Waals surface area contributed by atoms with Gasteiger partial charge in [0.2, 0.25) is 0 Å². The van der Waals surface area contributed by atoms with Gasteiger partial charge in [0.05, 0.1) is 19.6 Å². The summed E-state index contributed by atoms with van der Waals surface area (Å²) in [6.07, 6.45) is 7.85. The van der Waals surface area contributed by atoms with Gasteiger partial charge in [-0.3, -0.25) is 9.59 Å². The number of hydrogen-bond acceptors (Lipinski definition) is 6. The Bertz CT molecular complexity index is 375. The molecule has 0 bridgehead atoms. The number of unbranched alkanes of at least 4 members (excludes halogenated alkanes) is 2. The monoisotopic (exact) mass is 390 g/mol. The summed E-state index contributed by atoms with van der Waals surface area (Å²) in [5.74, 6) is -0.459. The highest BCUT2D eigenvalue weighted by molar-refractivity contribution is 7.96. The molecule has 154 valence electrons. The number of ether oxygens (including phenoxy) is 2. The predicted octanol–water partition coefficient (Wildman–Crippen LogP) is 5.11. The van der Waals surface area contributed by atoms with Gasteiger partial charge < -0.3 is 13.7 Å². The fourth-order valence-electron chi connectivity index (χ4n) is 2.61. The van der Waals surface area contributed by atoms with Crippen LogP contribution in [0.3, 0.4) is 0 Å². The van der Waals surface area contributed by atoms with Crippen LogP contribution in [0.5, 0.6) is 0 Å². The van der Waals surface area contributed by atoms with Crippen LogP contribution in [-0.2, 0) is 23.2 Å². The molecule has 0 aliphatic rings. The molecule has 0 heterocycles. The van der Waals surface area contributed by atoms with Crippen molar-refractivity contribution in [1.82, 2.24) is 0 Å². The molecule has 0 rings (SSSR count). The zero-order valence-corrected chi connectivity index (χ0v) is 18.1. The molecule has 0 amide bonds. The van der Waals surface area contributed by atoms with Crippen LogP contribution in [0.25, 0.3) is 0 Å². The summed E-state index contributed by atoms with van der Waals surface area (Å²) in [6, 6.07) is 0. The van der Waals surface area contributed by atoms with E-state index in [9.17, 15) is 9.59 Å². The van der Waals surface area contributed by atoms with E-state index >= 15 is 0 Å². The lowest BCUT2D eigenvalue weighted by Crippen LogP contribution is -2.29. The minimum atomic E-state index is -0.583. The molecular formula is C20H38O5S. The maximum atomic E-state index is 12.5. The van der Waals surface area contributed by atoms with Crippen LogP contribution in [0, 0.1) is 0 Å². The van der Waals surface area contributed by atoms with Crippen molar-refractivity contribution in [3.63, 3.8) is 0 Å². The number of esters is 1. The molecule has 0 aromatic heterocycles. The first-order chi connectivity index (χ1) is 12.5. The SMILES string of the molecule is CCCCC(CC)OCC(=O)C(CC(=O)OC(CC)CCCC)SOC. The first-order valence-corrected chi connectivity index (χ1v) is 10.9. The van der Waals surface area contributed by atoms with Gasteiger partial charge >= 0.3 is 5.97 Å². The van der Waals surface area contributed by atoms with Crippen molar-refractivity contribution in [2.45, 2.75) is 103 Å². The van der Waals surface area contributed by atoms with Gasteiger partial charge in [-0.25, -0.2) is 0 Å². The molecule has 0 aromatic carbocycles. The van der Waals surface area contributed by atoms with Crippen molar-refractivity contribution in [2.24, 2.45) is 0 Å². The van der Waals surface area contributed by atoms with E-state index < -0.39 is 5.25 Å². The zero-order valence-electron chi connectivity index (χ0n) is 17.3. The largest absolute Gasteiger partial charge is 0.462 e. The van der Waals surface area contributed by atoms with Crippen molar-refractivity contribution in [1.29, 1.82) is 0 Å². The molecule has 0 fully saturated rings. The second-order valence-corrected chi connectivity index (χ2v) is 7.66. The van der Waals surface area contributed by atoms with Gasteiger partial charge in [0, 0.05) is 12.0 Å². The van der Waals surface area contributed by atoms with Crippen LogP contribution >= 0.6 is 12.0 Å². The Morgan fingerprint density at radius 3 is 2.00 bits per heavy atom. The minimum Gasteiger partial charge on any atom is -0.462 e. The summed E-state index contributed by atoms with van der Waals surface area (Å²) in [7, 11) is 1.50. The molecule has 0 N–H and O–H groups in total. The smallest absolute Gasteiger partial charge is 0.307 e. The predicted molar refractivity (Wildman–Crippen MR) is 107 cm³/mol. The van der Waals surface area contributed by atoms with E-state index in [0.29, 0.717) is 0 Å². The van der Waals surface area contributed by atoms with Crippen LogP contribution in [0.4, 0.5) is 0 Å². The van der Waals surface area contributed by atoms with Crippen molar-refractivity contribution in [3.8, 4) is 0 Å². The third-order valence-electron chi connectivity index (χ3n) is 4.35. The maximum absolute atomic E-state index is 12.5. The third-order valence-corrected chi connectivity index (χ3v) is 5.21. The molecule has 0 saturated carbocycles. The van der Waals surface area contributed by atoms with E-state index in [4.69, 9.17) is 13.7 Å². The van der Waals surface area contributed by atoms with Gasteiger partial charge in [0.15, 0.2) is 5.78 Å². The Kier molecular flexibility index (Phi) is 16.2. The first kappa shape index (κ1) is 25.4. The molecular weight excluding hydrogens is 352 g/mol. The topological polar surface area (TPSA) is 61.8 Å². The molecule has 0 aliphatic heterocycles. The van der Waals surface area contributed by atoms with Gasteiger partial charge in [0.25, 0.3) is 0 Å². The number of ketones is 1. The van der Waals surface area contributed by atoms with Crippen molar-refractivity contribution in [3.05, 3.63) is 0 Å². The quantitative estimate of drug-likeness (QED) is 0.254. The lowest BCUT2D eigenvalue weighted by Gasteiger charge is -2.20. The molecule has 0 saturated heterocycles. The Hall–Kier alpha value is -0.590. The van der Waals surface area contributed by atoms with Crippen molar-refractivity contribution >= 4 is 23.8 Å². The third kappa shape index (κ3) is 11.9. The van der Waals surface area contributed by atoms with Gasteiger partial charge in [-0.1, -0.05) is 53.4 Å². The number of Topliss-reactive ketones (excluding diaryl/α,β-unsaturated/α-hetero) is 1. The minimum absolute atomic E-state index is 0.0174. The van der Waals surface area contributed by atoms with Gasteiger partial charge in [0.1, 0.15) is 18.0 Å². The van der Waals surface area contributed by atoms with E-state index in [1.807, 2.05) is 6.92 Å². The Balaban J connectivity index is 4.50. The van der Waals surface area contributed by atoms with Gasteiger partial charge in [-0.05, 0) is 25.7 Å². The molecule has 5 nitrogen and oxygen atoms in total. The normalized spacial score (nSPS) is 14.7. The van der Waals surface area contributed by atoms with Crippen LogP contribution < -0.4 is 0 Å². The fourth-order valence-corrected chi connectivity index (χ4v) is 3.22. The highest BCUT2D eigenvalue weighted by atomic mass is 32.2. The lowest BCUT2D eigenvalue weighted by molar-refractivity contribution is -0.150. The number of hydrogen-bond donors (Lipinski definition) is 0. The van der Waals surface area contributed by atoms with Crippen LogP contribution in [0.2, 0.25) is 0 Å². The Morgan fingerprint density at radius 2 is 1.50 bits per heavy atom. The van der Waals surface area contributed by atoms with Crippen LogP contribution in [-0.4, -0.2) is 42.9 Å². The van der Waals surface area contributed by atoms with E-state index in [1.54, 1.807) is 0 Å². The molecule has 26 heavy (non-hydrogen) atoms. The van der Waals surface area contributed by atoms with E-state index in [-0.39, 0.29) is 37.0 Å². The van der Waals surface area contributed by atoms with Gasteiger partial charge in [-0.2, -0.15) is 0 Å². The molecule has 6 heteroatoms. The second-order valence-electron chi connectivity index (χ2n) is 6.57. The summed E-state index contributed by atoms with van der Waals surface area (Å²) in [5.41, 5.74) is 0. The van der Waals surface area contributed by atoms with Crippen molar-refractivity contribution in [2.75, 3.05) is 13.7 Å². The average molecular weight is 391 g/mol. The van der Waals surface area contributed by atoms with E-state index in [1.165, 1.54) is 7.11 Å². The molecule has 3 unspecified atom stereocenters.